The summed E-state index contributed by atoms with van der Waals surface area (Å²) in [7, 11) is 0. The van der Waals surface area contributed by atoms with Crippen LogP contribution < -0.4 is 4.74 Å². The maximum Gasteiger partial charge on any atom is 0.136 e. The topological polar surface area (TPSA) is 58.0 Å². The van der Waals surface area contributed by atoms with Crippen molar-refractivity contribution in [2.75, 3.05) is 0 Å². The standard InChI is InChI=1S/C12H14FN3O/c13-10-7-4-8-11(12(10)15-16-14)17-9-5-2-1-3-6-9/h4,7-9H,1-3,5-6H2. The molecule has 0 saturated heterocycles. The Morgan fingerprint density at radius 1 is 1.29 bits per heavy atom. The van der Waals surface area contributed by atoms with Gasteiger partial charge in [-0.3, -0.25) is 0 Å². The second kappa shape index (κ2) is 5.55. The van der Waals surface area contributed by atoms with Gasteiger partial charge in [-0.1, -0.05) is 17.6 Å². The SMILES string of the molecule is [N-]=[N+]=Nc1c(F)cccc1OC1CCCCC1. The van der Waals surface area contributed by atoms with Crippen LogP contribution in [0.5, 0.6) is 5.75 Å². The molecular weight excluding hydrogens is 221 g/mol. The van der Waals surface area contributed by atoms with Gasteiger partial charge in [-0.15, -0.1) is 0 Å². The van der Waals surface area contributed by atoms with E-state index in [4.69, 9.17) is 10.3 Å². The molecular formula is C12H14FN3O. The minimum absolute atomic E-state index is 0.0411. The summed E-state index contributed by atoms with van der Waals surface area (Å²) in [4.78, 5) is 2.63. The van der Waals surface area contributed by atoms with Crippen LogP contribution in [0.2, 0.25) is 0 Å². The highest BCUT2D eigenvalue weighted by molar-refractivity contribution is 5.52. The maximum atomic E-state index is 13.4. The van der Waals surface area contributed by atoms with Crippen molar-refractivity contribution in [2.24, 2.45) is 5.11 Å². The van der Waals surface area contributed by atoms with E-state index in [1.807, 2.05) is 0 Å². The zero-order valence-corrected chi connectivity index (χ0v) is 9.47. The van der Waals surface area contributed by atoms with Crippen LogP contribution in [0.3, 0.4) is 0 Å². The van der Waals surface area contributed by atoms with Gasteiger partial charge in [0.1, 0.15) is 17.3 Å². The summed E-state index contributed by atoms with van der Waals surface area (Å²) in [5, 5.41) is 3.35. The fourth-order valence-electron chi connectivity index (χ4n) is 2.09. The van der Waals surface area contributed by atoms with E-state index in [1.54, 1.807) is 12.1 Å². The van der Waals surface area contributed by atoms with E-state index in [9.17, 15) is 4.39 Å². The van der Waals surface area contributed by atoms with Crippen molar-refractivity contribution in [3.63, 3.8) is 0 Å². The average Bonchev–Trinajstić information content (AvgIpc) is 2.35. The quantitative estimate of drug-likeness (QED) is 0.433. The third kappa shape index (κ3) is 2.88. The second-order valence-electron chi connectivity index (χ2n) is 4.15. The molecule has 0 spiro atoms. The van der Waals surface area contributed by atoms with Crippen molar-refractivity contribution in [1.29, 1.82) is 0 Å². The van der Waals surface area contributed by atoms with Gasteiger partial charge in [0.05, 0.1) is 6.10 Å². The van der Waals surface area contributed by atoms with Crippen molar-refractivity contribution in [1.82, 2.24) is 0 Å². The fraction of sp³-hybridized carbons (Fsp3) is 0.500. The Labute approximate surface area is 99.0 Å². The van der Waals surface area contributed by atoms with E-state index in [-0.39, 0.29) is 11.8 Å². The molecule has 0 heterocycles. The molecule has 0 unspecified atom stereocenters. The molecule has 1 saturated carbocycles. The highest BCUT2D eigenvalue weighted by atomic mass is 19.1. The predicted molar refractivity (Wildman–Crippen MR) is 62.7 cm³/mol. The van der Waals surface area contributed by atoms with Gasteiger partial charge in [-0.05, 0) is 43.3 Å². The monoisotopic (exact) mass is 235 g/mol. The van der Waals surface area contributed by atoms with E-state index >= 15 is 0 Å². The molecule has 2 rings (SSSR count). The lowest BCUT2D eigenvalue weighted by atomic mass is 9.98. The largest absolute Gasteiger partial charge is 0.490 e. The van der Waals surface area contributed by atoms with Gasteiger partial charge in [-0.2, -0.15) is 0 Å². The van der Waals surface area contributed by atoms with Crippen LogP contribution in [0, 0.1) is 5.82 Å². The Hall–Kier alpha value is -1.74. The Kier molecular flexibility index (Phi) is 3.83. The van der Waals surface area contributed by atoms with Gasteiger partial charge >= 0.3 is 0 Å². The summed E-state index contributed by atoms with van der Waals surface area (Å²) < 4.78 is 19.2. The molecule has 0 aromatic heterocycles. The highest BCUT2D eigenvalue weighted by Gasteiger charge is 2.17. The van der Waals surface area contributed by atoms with Crippen LogP contribution in [0.15, 0.2) is 23.3 Å². The number of ether oxygens (including phenoxy) is 1. The second-order valence-corrected chi connectivity index (χ2v) is 4.15. The minimum Gasteiger partial charge on any atom is -0.490 e. The lowest BCUT2D eigenvalue weighted by molar-refractivity contribution is 0.155. The van der Waals surface area contributed by atoms with Crippen molar-refractivity contribution in [3.05, 3.63) is 34.5 Å². The van der Waals surface area contributed by atoms with Crippen LogP contribution >= 0.6 is 0 Å². The number of benzene rings is 1. The van der Waals surface area contributed by atoms with Crippen LogP contribution in [-0.4, -0.2) is 6.10 Å². The first-order valence-electron chi connectivity index (χ1n) is 5.81. The van der Waals surface area contributed by atoms with Crippen LogP contribution in [-0.2, 0) is 0 Å². The molecule has 0 atom stereocenters. The third-order valence-electron chi connectivity index (χ3n) is 2.94. The molecule has 0 radical (unpaired) electrons. The molecule has 0 amide bonds. The van der Waals surface area contributed by atoms with Gasteiger partial charge in [0.2, 0.25) is 0 Å². The molecule has 90 valence electrons. The smallest absolute Gasteiger partial charge is 0.136 e. The Bertz CT molecular complexity index is 437. The molecule has 5 heteroatoms. The number of azide groups is 1. The number of hydrogen-bond donors (Lipinski definition) is 0. The summed E-state index contributed by atoms with van der Waals surface area (Å²) in [5.74, 6) is -0.203. The summed E-state index contributed by atoms with van der Waals surface area (Å²) in [6, 6.07) is 4.46. The van der Waals surface area contributed by atoms with Gasteiger partial charge in [-0.25, -0.2) is 4.39 Å². The zero-order valence-electron chi connectivity index (χ0n) is 9.47. The lowest BCUT2D eigenvalue weighted by Crippen LogP contribution is -2.19. The number of nitrogens with zero attached hydrogens (tertiary/aromatic N) is 3. The van der Waals surface area contributed by atoms with E-state index in [0.717, 1.165) is 25.7 Å². The van der Waals surface area contributed by atoms with E-state index in [2.05, 4.69) is 10.0 Å². The predicted octanol–water partition coefficient (Wildman–Crippen LogP) is 4.48. The lowest BCUT2D eigenvalue weighted by Gasteiger charge is -2.23. The van der Waals surface area contributed by atoms with Crippen molar-refractivity contribution in [2.45, 2.75) is 38.2 Å². The van der Waals surface area contributed by atoms with E-state index < -0.39 is 5.82 Å². The highest BCUT2D eigenvalue weighted by Crippen LogP contribution is 2.33. The molecule has 0 N–H and O–H groups in total. The molecule has 17 heavy (non-hydrogen) atoms. The molecule has 4 nitrogen and oxygen atoms in total. The summed E-state index contributed by atoms with van der Waals surface area (Å²) in [6.07, 6.45) is 5.57. The molecule has 1 aromatic rings. The minimum atomic E-state index is -0.545. The average molecular weight is 235 g/mol. The molecule has 1 fully saturated rings. The first-order chi connectivity index (χ1) is 8.31. The first-order valence-corrected chi connectivity index (χ1v) is 5.81. The van der Waals surface area contributed by atoms with Gasteiger partial charge in [0.15, 0.2) is 0 Å². The molecule has 0 bridgehead atoms. The van der Waals surface area contributed by atoms with Crippen LogP contribution in [0.4, 0.5) is 10.1 Å². The molecule has 0 aliphatic heterocycles. The fourth-order valence-corrected chi connectivity index (χ4v) is 2.09. The van der Waals surface area contributed by atoms with Crippen molar-refractivity contribution >= 4 is 5.69 Å². The Morgan fingerprint density at radius 2 is 2.06 bits per heavy atom. The zero-order chi connectivity index (χ0) is 12.1. The molecule has 1 aliphatic rings. The molecule has 1 aliphatic carbocycles. The normalized spacial score (nSPS) is 16.3. The van der Waals surface area contributed by atoms with Crippen molar-refractivity contribution in [3.8, 4) is 5.75 Å². The number of halogens is 1. The Balaban J connectivity index is 2.19. The maximum absolute atomic E-state index is 13.4. The van der Waals surface area contributed by atoms with E-state index in [1.165, 1.54) is 12.5 Å². The van der Waals surface area contributed by atoms with Gasteiger partial charge < -0.3 is 4.74 Å². The summed E-state index contributed by atoms with van der Waals surface area (Å²) >= 11 is 0. The molecule has 1 aromatic carbocycles. The number of hydrogen-bond acceptors (Lipinski definition) is 2. The summed E-state index contributed by atoms with van der Waals surface area (Å²) in [6.45, 7) is 0. The van der Waals surface area contributed by atoms with Crippen LogP contribution in [0.1, 0.15) is 32.1 Å². The van der Waals surface area contributed by atoms with Crippen molar-refractivity contribution < 1.29 is 9.13 Å². The van der Waals surface area contributed by atoms with Gasteiger partial charge in [0, 0.05) is 4.91 Å². The Morgan fingerprint density at radius 3 is 2.76 bits per heavy atom. The first kappa shape index (κ1) is 11.7. The number of rotatable bonds is 3. The third-order valence-corrected chi connectivity index (χ3v) is 2.94. The summed E-state index contributed by atoms with van der Waals surface area (Å²) in [5.41, 5.74) is 8.37. The van der Waals surface area contributed by atoms with E-state index in [0.29, 0.717) is 5.75 Å². The van der Waals surface area contributed by atoms with Gasteiger partial charge in [0.25, 0.3) is 0 Å². The van der Waals surface area contributed by atoms with Crippen LogP contribution in [0.25, 0.3) is 10.4 Å².